The number of rotatable bonds is 10. The Morgan fingerprint density at radius 1 is 0.912 bits per heavy atom. The first-order valence-electron chi connectivity index (χ1n) is 10.6. The summed E-state index contributed by atoms with van der Waals surface area (Å²) in [6.45, 7) is 3.55. The second-order valence-electron chi connectivity index (χ2n) is 7.64. The van der Waals surface area contributed by atoms with Crippen LogP contribution < -0.4 is 24.2 Å². The molecule has 1 atom stereocenters. The van der Waals surface area contributed by atoms with Crippen molar-refractivity contribution in [3.63, 3.8) is 0 Å². The summed E-state index contributed by atoms with van der Waals surface area (Å²) in [7, 11) is -0.628. The molecule has 2 N–H and O–H groups in total. The van der Waals surface area contributed by atoms with E-state index in [-0.39, 0.29) is 23.5 Å². The van der Waals surface area contributed by atoms with Crippen LogP contribution in [0, 0.1) is 6.92 Å². The van der Waals surface area contributed by atoms with Gasteiger partial charge in [0.2, 0.25) is 0 Å². The molecule has 0 fully saturated rings. The third-order valence-electron chi connectivity index (χ3n) is 5.09. The van der Waals surface area contributed by atoms with Gasteiger partial charge in [-0.1, -0.05) is 23.8 Å². The predicted molar refractivity (Wildman–Crippen MR) is 130 cm³/mol. The smallest absolute Gasteiger partial charge is 0.261 e. The van der Waals surface area contributed by atoms with E-state index in [1.165, 1.54) is 24.3 Å². The maximum Gasteiger partial charge on any atom is 0.261 e. The highest BCUT2D eigenvalue weighted by Crippen LogP contribution is 2.29. The molecule has 3 aromatic carbocycles. The van der Waals surface area contributed by atoms with Gasteiger partial charge >= 0.3 is 0 Å². The second kappa shape index (κ2) is 10.9. The minimum absolute atomic E-state index is 0.0898. The first-order chi connectivity index (χ1) is 16.2. The molecule has 180 valence electrons. The van der Waals surface area contributed by atoms with Crippen LogP contribution in [-0.2, 0) is 14.8 Å². The molecule has 0 aromatic heterocycles. The van der Waals surface area contributed by atoms with Gasteiger partial charge in [-0.2, -0.15) is 0 Å². The molecule has 0 aliphatic heterocycles. The summed E-state index contributed by atoms with van der Waals surface area (Å²) in [5.74, 6) is 1.24. The van der Waals surface area contributed by atoms with Crippen molar-refractivity contribution in [1.29, 1.82) is 0 Å². The van der Waals surface area contributed by atoms with Gasteiger partial charge in [0.15, 0.2) is 18.1 Å². The zero-order chi connectivity index (χ0) is 24.7. The summed E-state index contributed by atoms with van der Waals surface area (Å²) in [6.07, 6.45) is 0. The van der Waals surface area contributed by atoms with Gasteiger partial charge in [-0.15, -0.1) is 0 Å². The molecule has 0 saturated carbocycles. The minimum Gasteiger partial charge on any atom is -0.493 e. The lowest BCUT2D eigenvalue weighted by atomic mass is 10.1. The SMILES string of the molecule is COc1ccc([C@@H](C)NC(=O)COc2ccc(S(=O)(=O)Nc3ccc(C)cc3)cc2)cc1OC. The molecule has 1 amide bonds. The third-order valence-corrected chi connectivity index (χ3v) is 6.49. The molecule has 0 bridgehead atoms. The number of aryl methyl sites for hydroxylation is 1. The fourth-order valence-corrected chi connectivity index (χ4v) is 4.25. The van der Waals surface area contributed by atoms with Crippen molar-refractivity contribution in [3.05, 3.63) is 77.9 Å². The predicted octanol–water partition coefficient (Wildman–Crippen LogP) is 4.07. The number of hydrogen-bond acceptors (Lipinski definition) is 6. The zero-order valence-corrected chi connectivity index (χ0v) is 20.3. The Bertz CT molecular complexity index is 1230. The van der Waals surface area contributed by atoms with Crippen LogP contribution in [-0.4, -0.2) is 35.2 Å². The zero-order valence-electron chi connectivity index (χ0n) is 19.5. The number of nitrogens with one attached hydrogen (secondary N) is 2. The Morgan fingerprint density at radius 3 is 2.18 bits per heavy atom. The summed E-state index contributed by atoms with van der Waals surface area (Å²) < 4.78 is 43.7. The standard InChI is InChI=1S/C25H28N2O6S/c1-17-5-8-20(9-6-17)27-34(29,30)22-12-10-21(11-13-22)33-16-25(28)26-18(2)19-7-14-23(31-3)24(15-19)32-4/h5-15,18,27H,16H2,1-4H3,(H,26,28)/t18-/m1/s1. The van der Waals surface area contributed by atoms with Crippen LogP contribution in [0.1, 0.15) is 24.1 Å². The lowest BCUT2D eigenvalue weighted by Gasteiger charge is -2.17. The molecule has 0 spiro atoms. The van der Waals surface area contributed by atoms with Crippen molar-refractivity contribution < 1.29 is 27.4 Å². The number of methoxy groups -OCH3 is 2. The highest BCUT2D eigenvalue weighted by molar-refractivity contribution is 7.92. The Balaban J connectivity index is 1.55. The van der Waals surface area contributed by atoms with E-state index in [0.29, 0.717) is 22.9 Å². The molecule has 0 radical (unpaired) electrons. The van der Waals surface area contributed by atoms with Gasteiger partial charge < -0.3 is 19.5 Å². The van der Waals surface area contributed by atoms with Crippen molar-refractivity contribution in [1.82, 2.24) is 5.32 Å². The first kappa shape index (κ1) is 24.9. The van der Waals surface area contributed by atoms with Crippen LogP contribution in [0.5, 0.6) is 17.2 Å². The van der Waals surface area contributed by atoms with Gasteiger partial charge in [0.1, 0.15) is 5.75 Å². The highest BCUT2D eigenvalue weighted by atomic mass is 32.2. The largest absolute Gasteiger partial charge is 0.493 e. The van der Waals surface area contributed by atoms with Crippen LogP contribution in [0.25, 0.3) is 0 Å². The average Bonchev–Trinajstić information content (AvgIpc) is 2.83. The monoisotopic (exact) mass is 484 g/mol. The molecule has 9 heteroatoms. The number of carbonyl (C=O) groups is 1. The molecule has 0 aliphatic carbocycles. The average molecular weight is 485 g/mol. The number of benzene rings is 3. The molecule has 0 aliphatic rings. The Labute approximate surface area is 199 Å². The maximum absolute atomic E-state index is 12.6. The Morgan fingerprint density at radius 2 is 1.56 bits per heavy atom. The van der Waals surface area contributed by atoms with Crippen LogP contribution in [0.3, 0.4) is 0 Å². The van der Waals surface area contributed by atoms with E-state index in [1.807, 2.05) is 32.0 Å². The van der Waals surface area contributed by atoms with Crippen LogP contribution in [0.2, 0.25) is 0 Å². The lowest BCUT2D eigenvalue weighted by Crippen LogP contribution is -2.31. The molecule has 3 aromatic rings. The van der Waals surface area contributed by atoms with E-state index in [2.05, 4.69) is 10.0 Å². The summed E-state index contributed by atoms with van der Waals surface area (Å²) >= 11 is 0. The van der Waals surface area contributed by atoms with Gasteiger partial charge in [0, 0.05) is 5.69 Å². The quantitative estimate of drug-likeness (QED) is 0.450. The van der Waals surface area contributed by atoms with E-state index in [1.54, 1.807) is 38.5 Å². The van der Waals surface area contributed by atoms with Crippen molar-refractivity contribution >= 4 is 21.6 Å². The van der Waals surface area contributed by atoms with E-state index >= 15 is 0 Å². The van der Waals surface area contributed by atoms with Crippen molar-refractivity contribution in [3.8, 4) is 17.2 Å². The van der Waals surface area contributed by atoms with E-state index in [0.717, 1.165) is 11.1 Å². The van der Waals surface area contributed by atoms with Gasteiger partial charge in [0.05, 0.1) is 25.2 Å². The van der Waals surface area contributed by atoms with Gasteiger partial charge in [-0.05, 0) is 67.9 Å². The lowest BCUT2D eigenvalue weighted by molar-refractivity contribution is -0.123. The first-order valence-corrected chi connectivity index (χ1v) is 12.0. The number of hydrogen-bond donors (Lipinski definition) is 2. The van der Waals surface area contributed by atoms with Crippen LogP contribution >= 0.6 is 0 Å². The van der Waals surface area contributed by atoms with Crippen molar-refractivity contribution in [2.24, 2.45) is 0 Å². The molecule has 0 heterocycles. The highest BCUT2D eigenvalue weighted by Gasteiger charge is 2.16. The normalized spacial score (nSPS) is 11.9. The Hall–Kier alpha value is -3.72. The van der Waals surface area contributed by atoms with Crippen LogP contribution in [0.4, 0.5) is 5.69 Å². The second-order valence-corrected chi connectivity index (χ2v) is 9.32. The van der Waals surface area contributed by atoms with Crippen LogP contribution in [0.15, 0.2) is 71.6 Å². The van der Waals surface area contributed by atoms with Crippen molar-refractivity contribution in [2.45, 2.75) is 24.8 Å². The summed E-state index contributed by atoms with van der Waals surface area (Å²) in [5.41, 5.74) is 2.36. The number of carbonyl (C=O) groups excluding carboxylic acids is 1. The number of ether oxygens (including phenoxy) is 3. The molecule has 8 nitrogen and oxygen atoms in total. The number of sulfonamides is 1. The van der Waals surface area contributed by atoms with Crippen molar-refractivity contribution in [2.75, 3.05) is 25.5 Å². The molecule has 0 unspecified atom stereocenters. The van der Waals surface area contributed by atoms with E-state index < -0.39 is 10.0 Å². The molecular formula is C25H28N2O6S. The molecule has 34 heavy (non-hydrogen) atoms. The topological polar surface area (TPSA) is 103 Å². The minimum atomic E-state index is -3.74. The van der Waals surface area contributed by atoms with Gasteiger partial charge in [-0.25, -0.2) is 8.42 Å². The van der Waals surface area contributed by atoms with Gasteiger partial charge in [-0.3, -0.25) is 9.52 Å². The number of amides is 1. The third kappa shape index (κ3) is 6.41. The fraction of sp³-hybridized carbons (Fsp3) is 0.240. The summed E-state index contributed by atoms with van der Waals surface area (Å²) in [6, 6.07) is 18.1. The summed E-state index contributed by atoms with van der Waals surface area (Å²) in [5, 5.41) is 2.86. The molecule has 3 rings (SSSR count). The molecule has 0 saturated heterocycles. The fourth-order valence-electron chi connectivity index (χ4n) is 3.19. The maximum atomic E-state index is 12.6. The Kier molecular flexibility index (Phi) is 8.01. The van der Waals surface area contributed by atoms with E-state index in [4.69, 9.17) is 14.2 Å². The van der Waals surface area contributed by atoms with Gasteiger partial charge in [0.25, 0.3) is 15.9 Å². The molecular weight excluding hydrogens is 456 g/mol. The van der Waals surface area contributed by atoms with E-state index in [9.17, 15) is 13.2 Å². The number of anilines is 1. The summed E-state index contributed by atoms with van der Waals surface area (Å²) in [4.78, 5) is 12.4.